The maximum atomic E-state index is 16.1. The van der Waals surface area contributed by atoms with E-state index in [2.05, 4.69) is 22.2 Å². The maximum Gasteiger partial charge on any atom is 0.338 e. The Morgan fingerprint density at radius 1 is 0.945 bits per heavy atom. The Hall–Kier alpha value is -5.82. The molecule has 6 aromatic rings. The number of nitrogens with zero attached hydrogens (tertiary/aromatic N) is 6. The summed E-state index contributed by atoms with van der Waals surface area (Å²) in [4.78, 5) is 38.4. The molecule has 3 aromatic carbocycles. The number of aromatic amines is 1. The molecule has 0 radical (unpaired) electrons. The molecule has 2 aliphatic heterocycles. The van der Waals surface area contributed by atoms with Gasteiger partial charge in [0.1, 0.15) is 17.3 Å². The van der Waals surface area contributed by atoms with Crippen molar-refractivity contribution in [2.45, 2.75) is 62.8 Å². The van der Waals surface area contributed by atoms with Crippen molar-refractivity contribution >= 4 is 39.2 Å². The zero-order chi connectivity index (χ0) is 37.4. The molecule has 55 heavy (non-hydrogen) atoms. The van der Waals surface area contributed by atoms with Gasteiger partial charge in [0.05, 0.1) is 41.1 Å². The number of aliphatic imine (C=N–C) groups is 1. The van der Waals surface area contributed by atoms with Gasteiger partial charge in [0, 0.05) is 60.7 Å². The third-order valence-electron chi connectivity index (χ3n) is 11.6. The number of amides is 1. The van der Waals surface area contributed by atoms with Crippen LogP contribution in [0.3, 0.4) is 0 Å². The summed E-state index contributed by atoms with van der Waals surface area (Å²) >= 11 is 0. The van der Waals surface area contributed by atoms with E-state index in [-0.39, 0.29) is 41.8 Å². The molecule has 0 bridgehead atoms. The van der Waals surface area contributed by atoms with Crippen molar-refractivity contribution in [2.75, 3.05) is 26.3 Å². The minimum absolute atomic E-state index is 0.0706. The molecule has 2 aliphatic carbocycles. The molecule has 13 heteroatoms. The van der Waals surface area contributed by atoms with Crippen LogP contribution in [0.2, 0.25) is 0 Å². The molecule has 11 nitrogen and oxygen atoms in total. The van der Waals surface area contributed by atoms with E-state index < -0.39 is 11.5 Å². The molecule has 0 spiro atoms. The SMILES string of the molecule is NC1=C(C(=Nc2ccc(F)c(C3CC3)c2)n2ccn(-c3ccc4c(cnn4C4CC4)c3F)c2=O)CN(C(=O)c2cc3cc(C4CCOCC4)ccc3[nH]2)CC1. The topological polar surface area (TPSA) is 128 Å². The van der Waals surface area contributed by atoms with Gasteiger partial charge < -0.3 is 20.4 Å². The van der Waals surface area contributed by atoms with Gasteiger partial charge in [-0.2, -0.15) is 5.10 Å². The van der Waals surface area contributed by atoms with E-state index in [9.17, 15) is 14.0 Å². The van der Waals surface area contributed by atoms with E-state index in [0.29, 0.717) is 58.0 Å². The number of halogens is 2. The average Bonchev–Trinajstić information content (AvgIpc) is 4.12. The van der Waals surface area contributed by atoms with E-state index in [0.717, 1.165) is 62.6 Å². The molecule has 5 heterocycles. The zero-order valence-electron chi connectivity index (χ0n) is 30.2. The molecule has 280 valence electrons. The first-order chi connectivity index (χ1) is 26.8. The van der Waals surface area contributed by atoms with Gasteiger partial charge in [-0.3, -0.25) is 18.6 Å². The van der Waals surface area contributed by atoms with Crippen LogP contribution in [0.4, 0.5) is 14.5 Å². The van der Waals surface area contributed by atoms with Crippen LogP contribution in [-0.4, -0.2) is 66.8 Å². The molecule has 2 saturated carbocycles. The van der Waals surface area contributed by atoms with Gasteiger partial charge in [-0.05, 0) is 110 Å². The van der Waals surface area contributed by atoms with Gasteiger partial charge in [0.2, 0.25) is 0 Å². The minimum Gasteiger partial charge on any atom is -0.402 e. The van der Waals surface area contributed by atoms with Crippen LogP contribution in [0.5, 0.6) is 0 Å². The van der Waals surface area contributed by atoms with Crippen LogP contribution in [0.25, 0.3) is 27.5 Å². The number of imidazole rings is 1. The van der Waals surface area contributed by atoms with Crippen LogP contribution in [0.15, 0.2) is 94.2 Å². The Balaban J connectivity index is 1.01. The van der Waals surface area contributed by atoms with Crippen LogP contribution >= 0.6 is 0 Å². The van der Waals surface area contributed by atoms with Crippen molar-refractivity contribution in [3.05, 3.63) is 123 Å². The number of rotatable bonds is 7. The first kappa shape index (κ1) is 33.7. The highest BCUT2D eigenvalue weighted by molar-refractivity contribution is 6.04. The quantitative estimate of drug-likeness (QED) is 0.132. The molecule has 1 amide bonds. The van der Waals surface area contributed by atoms with Gasteiger partial charge in [0.15, 0.2) is 5.82 Å². The average molecular weight is 743 g/mol. The lowest BCUT2D eigenvalue weighted by atomic mass is 9.91. The van der Waals surface area contributed by atoms with Crippen LogP contribution in [-0.2, 0) is 4.74 Å². The molecule has 10 rings (SSSR count). The lowest BCUT2D eigenvalue weighted by Crippen LogP contribution is -2.42. The largest absolute Gasteiger partial charge is 0.402 e. The number of benzene rings is 3. The molecular formula is C42H40F2N8O3. The second-order valence-corrected chi connectivity index (χ2v) is 15.3. The van der Waals surface area contributed by atoms with Crippen molar-refractivity contribution < 1.29 is 18.3 Å². The van der Waals surface area contributed by atoms with Crippen LogP contribution in [0, 0.1) is 11.6 Å². The first-order valence-corrected chi connectivity index (χ1v) is 19.1. The number of carbonyl (C=O) groups is 1. The molecular weight excluding hydrogens is 703 g/mol. The van der Waals surface area contributed by atoms with Crippen molar-refractivity contribution in [1.29, 1.82) is 0 Å². The molecule has 0 unspecified atom stereocenters. The second kappa shape index (κ2) is 13.2. The summed E-state index contributed by atoms with van der Waals surface area (Å²) in [5.74, 6) is -0.324. The van der Waals surface area contributed by atoms with Crippen molar-refractivity contribution in [3.8, 4) is 5.69 Å². The number of carbonyl (C=O) groups excluding carboxylic acids is 1. The number of ether oxygens (including phenoxy) is 1. The maximum absolute atomic E-state index is 16.1. The number of nitrogens with two attached hydrogens (primary N) is 1. The molecule has 3 fully saturated rings. The van der Waals surface area contributed by atoms with E-state index in [1.807, 2.05) is 16.8 Å². The molecule has 1 saturated heterocycles. The Labute approximate surface area is 314 Å². The Morgan fingerprint density at radius 3 is 2.58 bits per heavy atom. The third-order valence-corrected chi connectivity index (χ3v) is 11.6. The van der Waals surface area contributed by atoms with Gasteiger partial charge >= 0.3 is 5.69 Å². The summed E-state index contributed by atoms with van der Waals surface area (Å²) in [6.07, 6.45) is 10.6. The highest BCUT2D eigenvalue weighted by atomic mass is 19.1. The van der Waals surface area contributed by atoms with Crippen molar-refractivity contribution in [3.63, 3.8) is 0 Å². The van der Waals surface area contributed by atoms with E-state index >= 15 is 4.39 Å². The Kier molecular flexibility index (Phi) is 8.09. The summed E-state index contributed by atoms with van der Waals surface area (Å²) in [5.41, 5.74) is 11.4. The molecule has 0 atom stereocenters. The number of fused-ring (bicyclic) bond motifs is 2. The lowest BCUT2D eigenvalue weighted by molar-refractivity contribution is 0.0761. The molecule has 3 N–H and O–H groups in total. The summed E-state index contributed by atoms with van der Waals surface area (Å²) in [6, 6.07) is 16.5. The fourth-order valence-electron chi connectivity index (χ4n) is 8.18. The monoisotopic (exact) mass is 742 g/mol. The standard InChI is InChI=1S/C42H40F2N8O3/c43-33-7-4-28(21-30(33)25-1-2-25)47-40(51-16-15-50(42(51)54)38-10-9-37-31(39(38)44)22-46-52(37)29-5-6-29)32-23-49(14-11-34(32)45)41(53)36-20-27-19-26(3-8-35(27)48-36)24-12-17-55-18-13-24/h3-4,7-10,15-16,19-22,24-25,29,48H,1-2,5-6,11-14,17-18,23,45H2. The van der Waals surface area contributed by atoms with Gasteiger partial charge in [-0.25, -0.2) is 18.6 Å². The molecule has 4 aliphatic rings. The predicted molar refractivity (Wildman–Crippen MR) is 205 cm³/mol. The van der Waals surface area contributed by atoms with E-state index in [1.165, 1.54) is 39.4 Å². The van der Waals surface area contributed by atoms with Crippen LogP contribution < -0.4 is 11.4 Å². The van der Waals surface area contributed by atoms with Crippen molar-refractivity contribution in [2.24, 2.45) is 10.7 Å². The highest BCUT2D eigenvalue weighted by Crippen LogP contribution is 2.42. The fourth-order valence-corrected chi connectivity index (χ4v) is 8.18. The fraction of sp³-hybridized carbons (Fsp3) is 0.333. The minimum atomic E-state index is -0.573. The normalized spacial score (nSPS) is 18.6. The van der Waals surface area contributed by atoms with E-state index in [4.69, 9.17) is 15.5 Å². The van der Waals surface area contributed by atoms with Gasteiger partial charge in [0.25, 0.3) is 5.91 Å². The van der Waals surface area contributed by atoms with Gasteiger partial charge in [-0.1, -0.05) is 6.07 Å². The highest BCUT2D eigenvalue weighted by Gasteiger charge is 2.31. The summed E-state index contributed by atoms with van der Waals surface area (Å²) < 4.78 is 40.9. The van der Waals surface area contributed by atoms with Crippen molar-refractivity contribution in [1.82, 2.24) is 28.8 Å². The number of hydrogen-bond acceptors (Lipinski definition) is 6. The zero-order valence-corrected chi connectivity index (χ0v) is 30.2. The number of aromatic nitrogens is 5. The van der Waals surface area contributed by atoms with Gasteiger partial charge in [-0.15, -0.1) is 0 Å². The Bertz CT molecular complexity index is 2630. The second-order valence-electron chi connectivity index (χ2n) is 15.3. The van der Waals surface area contributed by atoms with E-state index in [1.54, 1.807) is 29.2 Å². The predicted octanol–water partition coefficient (Wildman–Crippen LogP) is 7.19. The lowest BCUT2D eigenvalue weighted by Gasteiger charge is -2.30. The number of nitrogens with one attached hydrogen (secondary N) is 1. The smallest absolute Gasteiger partial charge is 0.338 e. The number of H-pyrrole nitrogens is 1. The summed E-state index contributed by atoms with van der Waals surface area (Å²) in [5, 5.41) is 5.71. The third kappa shape index (κ3) is 6.06. The first-order valence-electron chi connectivity index (χ1n) is 19.1. The summed E-state index contributed by atoms with van der Waals surface area (Å²) in [6.45, 7) is 1.93. The van der Waals surface area contributed by atoms with Crippen LogP contribution in [0.1, 0.15) is 84.4 Å². The summed E-state index contributed by atoms with van der Waals surface area (Å²) in [7, 11) is 0. The molecule has 3 aromatic heterocycles. The Morgan fingerprint density at radius 2 is 1.78 bits per heavy atom. The number of hydrogen-bond donors (Lipinski definition) is 2.